The molecule has 10 rings (SSSR count). The van der Waals surface area contributed by atoms with E-state index in [1.165, 1.54) is 10.8 Å². The second kappa shape index (κ2) is 11.8. The van der Waals surface area contributed by atoms with E-state index in [-0.39, 0.29) is 0 Å². The summed E-state index contributed by atoms with van der Waals surface area (Å²) in [5.41, 5.74) is 7.90. The van der Waals surface area contributed by atoms with Crippen LogP contribution in [0.5, 0.6) is 0 Å². The molecule has 0 aliphatic rings. The third kappa shape index (κ3) is 5.09. The van der Waals surface area contributed by atoms with Crippen LogP contribution in [0.3, 0.4) is 0 Å². The van der Waals surface area contributed by atoms with Gasteiger partial charge in [-0.25, -0.2) is 24.9 Å². The Hall–Kier alpha value is -7.05. The van der Waals surface area contributed by atoms with Crippen LogP contribution < -0.4 is 0 Å². The maximum atomic E-state index is 6.53. The Morgan fingerprint density at radius 2 is 1.00 bits per heavy atom. The molecule has 0 aliphatic heterocycles. The second-order valence-electron chi connectivity index (χ2n) is 12.5. The maximum absolute atomic E-state index is 6.53. The minimum absolute atomic E-state index is 0.581. The predicted molar refractivity (Wildman–Crippen MR) is 205 cm³/mol. The van der Waals surface area contributed by atoms with E-state index in [0.717, 1.165) is 66.4 Å². The first kappa shape index (κ1) is 28.9. The molecule has 7 aromatic carbocycles. The Bertz CT molecular complexity index is 2860. The Morgan fingerprint density at radius 3 is 1.78 bits per heavy atom. The number of para-hydroxylation sites is 1. The molecule has 51 heavy (non-hydrogen) atoms. The molecule has 6 heteroatoms. The van der Waals surface area contributed by atoms with Gasteiger partial charge in [-0.05, 0) is 41.1 Å². The van der Waals surface area contributed by atoms with E-state index in [1.807, 2.05) is 103 Å². The number of hydrogen-bond acceptors (Lipinski definition) is 6. The van der Waals surface area contributed by atoms with Crippen LogP contribution in [0.4, 0.5) is 0 Å². The molecule has 0 saturated heterocycles. The van der Waals surface area contributed by atoms with Crippen molar-refractivity contribution in [2.75, 3.05) is 0 Å². The number of furan rings is 1. The first-order valence-corrected chi connectivity index (χ1v) is 16.8. The fourth-order valence-corrected chi connectivity index (χ4v) is 6.84. The highest BCUT2D eigenvalue weighted by molar-refractivity contribution is 6.12. The predicted octanol–water partition coefficient (Wildman–Crippen LogP) is 11.2. The number of nitrogens with zero attached hydrogens (tertiary/aromatic N) is 5. The molecule has 3 aromatic heterocycles. The molecule has 0 spiro atoms. The van der Waals surface area contributed by atoms with Crippen molar-refractivity contribution < 1.29 is 4.42 Å². The Labute approximate surface area is 292 Å². The molecule has 0 unspecified atom stereocenters. The van der Waals surface area contributed by atoms with Crippen molar-refractivity contribution >= 4 is 43.6 Å². The number of rotatable bonds is 5. The largest absolute Gasteiger partial charge is 0.456 e. The Morgan fingerprint density at radius 1 is 0.353 bits per heavy atom. The SMILES string of the molecule is c1ccc(-c2nc(-c3ccccc3)nc(-c3cccc4oc5cc(-c6nc(-c7ccc8ccccc8c7)c7ccccc7n6)ccc5c34)n2)cc1. The molecule has 0 atom stereocenters. The Balaban J connectivity index is 1.13. The van der Waals surface area contributed by atoms with Gasteiger partial charge in [0.15, 0.2) is 23.3 Å². The van der Waals surface area contributed by atoms with Crippen LogP contribution in [0.15, 0.2) is 168 Å². The molecular formula is C45H27N5O. The average Bonchev–Trinajstić information content (AvgIpc) is 3.59. The Kier molecular flexibility index (Phi) is 6.70. The minimum Gasteiger partial charge on any atom is -0.456 e. The normalized spacial score (nSPS) is 11.5. The number of aromatic nitrogens is 5. The number of benzene rings is 7. The monoisotopic (exact) mass is 653 g/mol. The molecular weight excluding hydrogens is 627 g/mol. The fourth-order valence-electron chi connectivity index (χ4n) is 6.84. The topological polar surface area (TPSA) is 77.6 Å². The van der Waals surface area contributed by atoms with Crippen LogP contribution in [0.1, 0.15) is 0 Å². The summed E-state index contributed by atoms with van der Waals surface area (Å²) in [5, 5.41) is 5.28. The zero-order valence-corrected chi connectivity index (χ0v) is 27.2. The highest BCUT2D eigenvalue weighted by Gasteiger charge is 2.19. The van der Waals surface area contributed by atoms with Gasteiger partial charge in [0.1, 0.15) is 11.2 Å². The molecule has 0 saturated carbocycles. The molecule has 6 nitrogen and oxygen atoms in total. The molecule has 3 heterocycles. The lowest BCUT2D eigenvalue weighted by atomic mass is 10.0. The summed E-state index contributed by atoms with van der Waals surface area (Å²) in [6.07, 6.45) is 0. The standard InChI is InChI=1S/C45H27N5O/c1-3-13-29(14-4-1)42-48-43(30-15-5-2-6-16-30)50-45(49-42)36-19-11-21-38-40(36)35-25-24-33(27-39(35)51-38)44-46-37-20-10-9-18-34(37)41(47-44)32-23-22-28-12-7-8-17-31(28)26-32/h1-27H. The van der Waals surface area contributed by atoms with Crippen molar-refractivity contribution in [1.82, 2.24) is 24.9 Å². The minimum atomic E-state index is 0.581. The van der Waals surface area contributed by atoms with Gasteiger partial charge in [-0.3, -0.25) is 0 Å². The number of fused-ring (bicyclic) bond motifs is 5. The first-order chi connectivity index (χ1) is 25.2. The number of hydrogen-bond donors (Lipinski definition) is 0. The van der Waals surface area contributed by atoms with Crippen LogP contribution in [-0.4, -0.2) is 24.9 Å². The van der Waals surface area contributed by atoms with Gasteiger partial charge in [-0.2, -0.15) is 0 Å². The van der Waals surface area contributed by atoms with Crippen LogP contribution in [0, 0.1) is 0 Å². The van der Waals surface area contributed by atoms with Gasteiger partial charge >= 0.3 is 0 Å². The summed E-state index contributed by atoms with van der Waals surface area (Å²) in [4.78, 5) is 25.1. The zero-order chi connectivity index (χ0) is 33.7. The lowest BCUT2D eigenvalue weighted by molar-refractivity contribution is 0.669. The van der Waals surface area contributed by atoms with E-state index >= 15 is 0 Å². The van der Waals surface area contributed by atoms with Crippen molar-refractivity contribution in [3.8, 4) is 56.8 Å². The van der Waals surface area contributed by atoms with Gasteiger partial charge in [0, 0.05) is 44.0 Å². The van der Waals surface area contributed by atoms with E-state index in [1.54, 1.807) is 0 Å². The molecule has 0 aliphatic carbocycles. The summed E-state index contributed by atoms with van der Waals surface area (Å²) in [5.74, 6) is 2.44. The van der Waals surface area contributed by atoms with E-state index in [0.29, 0.717) is 23.3 Å². The third-order valence-electron chi connectivity index (χ3n) is 9.32. The third-order valence-corrected chi connectivity index (χ3v) is 9.32. The summed E-state index contributed by atoms with van der Waals surface area (Å²) in [7, 11) is 0. The zero-order valence-electron chi connectivity index (χ0n) is 27.2. The van der Waals surface area contributed by atoms with E-state index in [2.05, 4.69) is 60.7 Å². The van der Waals surface area contributed by atoms with Gasteiger partial charge in [-0.15, -0.1) is 0 Å². The van der Waals surface area contributed by atoms with Crippen LogP contribution in [-0.2, 0) is 0 Å². The first-order valence-electron chi connectivity index (χ1n) is 16.8. The van der Waals surface area contributed by atoms with E-state index in [4.69, 9.17) is 29.3 Å². The lowest BCUT2D eigenvalue weighted by Gasteiger charge is -2.10. The highest BCUT2D eigenvalue weighted by atomic mass is 16.3. The van der Waals surface area contributed by atoms with E-state index < -0.39 is 0 Å². The maximum Gasteiger partial charge on any atom is 0.164 e. The van der Waals surface area contributed by atoms with Gasteiger partial charge in [0.05, 0.1) is 11.2 Å². The molecule has 10 aromatic rings. The highest BCUT2D eigenvalue weighted by Crippen LogP contribution is 2.39. The summed E-state index contributed by atoms with van der Waals surface area (Å²) in [6, 6.07) is 55.3. The van der Waals surface area contributed by atoms with Crippen molar-refractivity contribution in [1.29, 1.82) is 0 Å². The van der Waals surface area contributed by atoms with Crippen molar-refractivity contribution in [2.24, 2.45) is 0 Å². The second-order valence-corrected chi connectivity index (χ2v) is 12.5. The summed E-state index contributed by atoms with van der Waals surface area (Å²) >= 11 is 0. The molecule has 0 N–H and O–H groups in total. The van der Waals surface area contributed by atoms with Crippen molar-refractivity contribution in [3.63, 3.8) is 0 Å². The van der Waals surface area contributed by atoms with E-state index in [9.17, 15) is 0 Å². The van der Waals surface area contributed by atoms with Crippen LogP contribution in [0.2, 0.25) is 0 Å². The van der Waals surface area contributed by atoms with Gasteiger partial charge in [0.2, 0.25) is 0 Å². The summed E-state index contributed by atoms with van der Waals surface area (Å²) < 4.78 is 6.53. The quantitative estimate of drug-likeness (QED) is 0.184. The molecule has 0 fully saturated rings. The molecule has 0 amide bonds. The molecule has 0 bridgehead atoms. The molecule has 238 valence electrons. The van der Waals surface area contributed by atoms with Crippen LogP contribution >= 0.6 is 0 Å². The van der Waals surface area contributed by atoms with Crippen molar-refractivity contribution in [3.05, 3.63) is 164 Å². The summed E-state index contributed by atoms with van der Waals surface area (Å²) in [6.45, 7) is 0. The fraction of sp³-hybridized carbons (Fsp3) is 0. The van der Waals surface area contributed by atoms with Gasteiger partial charge < -0.3 is 4.42 Å². The van der Waals surface area contributed by atoms with Crippen molar-refractivity contribution in [2.45, 2.75) is 0 Å². The lowest BCUT2D eigenvalue weighted by Crippen LogP contribution is -2.00. The van der Waals surface area contributed by atoms with Crippen LogP contribution in [0.25, 0.3) is 100 Å². The molecule has 0 radical (unpaired) electrons. The van der Waals surface area contributed by atoms with Gasteiger partial charge in [0.25, 0.3) is 0 Å². The van der Waals surface area contributed by atoms with Gasteiger partial charge in [-0.1, -0.05) is 133 Å². The average molecular weight is 654 g/mol. The smallest absolute Gasteiger partial charge is 0.164 e.